The minimum Gasteiger partial charge on any atom is -0.423 e. The molecule has 0 amide bonds. The maximum absolute atomic E-state index is 9.15. The van der Waals surface area contributed by atoms with Gasteiger partial charge in [-0.1, -0.05) is 6.07 Å². The summed E-state index contributed by atoms with van der Waals surface area (Å²) in [6.07, 6.45) is 2.21. The highest BCUT2D eigenvalue weighted by atomic mass is 16.4. The zero-order valence-corrected chi connectivity index (χ0v) is 7.64. The van der Waals surface area contributed by atoms with Crippen molar-refractivity contribution in [3.8, 4) is 6.07 Å². The lowest BCUT2D eigenvalue weighted by Crippen LogP contribution is -2.33. The summed E-state index contributed by atoms with van der Waals surface area (Å²) in [7, 11) is -1.47. The summed E-state index contributed by atoms with van der Waals surface area (Å²) in [5.74, 6) is 0.458. The van der Waals surface area contributed by atoms with Crippen molar-refractivity contribution in [1.29, 1.82) is 5.26 Å². The summed E-state index contributed by atoms with van der Waals surface area (Å²) in [6.45, 7) is 0. The number of hydrogen-bond acceptors (Lipinski definition) is 3. The average molecular weight is 187 g/mol. The van der Waals surface area contributed by atoms with Gasteiger partial charge in [-0.25, -0.2) is 0 Å². The predicted octanol–water partition coefficient (Wildman–Crippen LogP) is 0.115. The van der Waals surface area contributed by atoms with Crippen LogP contribution in [0.1, 0.15) is 29.9 Å². The van der Waals surface area contributed by atoms with Crippen molar-refractivity contribution in [2.75, 3.05) is 0 Å². The molecule has 0 spiro atoms. The van der Waals surface area contributed by atoms with Gasteiger partial charge in [0.25, 0.3) is 0 Å². The van der Waals surface area contributed by atoms with E-state index in [4.69, 9.17) is 15.3 Å². The van der Waals surface area contributed by atoms with Crippen molar-refractivity contribution in [3.63, 3.8) is 0 Å². The van der Waals surface area contributed by atoms with Crippen LogP contribution in [0, 0.1) is 11.3 Å². The molecule has 1 aromatic carbocycles. The molecule has 1 aliphatic carbocycles. The Hall–Kier alpha value is -1.31. The van der Waals surface area contributed by atoms with Gasteiger partial charge < -0.3 is 10.0 Å². The topological polar surface area (TPSA) is 64.2 Å². The Balaban J connectivity index is 2.44. The van der Waals surface area contributed by atoms with E-state index in [0.717, 1.165) is 18.4 Å². The van der Waals surface area contributed by atoms with Crippen LogP contribution in [0.3, 0.4) is 0 Å². The van der Waals surface area contributed by atoms with Crippen LogP contribution in [0.5, 0.6) is 0 Å². The van der Waals surface area contributed by atoms with Crippen molar-refractivity contribution in [2.45, 2.75) is 18.8 Å². The molecule has 0 saturated heterocycles. The van der Waals surface area contributed by atoms with Crippen LogP contribution in [-0.2, 0) is 0 Å². The van der Waals surface area contributed by atoms with Gasteiger partial charge in [-0.15, -0.1) is 0 Å². The van der Waals surface area contributed by atoms with Gasteiger partial charge in [-0.2, -0.15) is 5.26 Å². The third-order valence-corrected chi connectivity index (χ3v) is 2.51. The highest BCUT2D eigenvalue weighted by molar-refractivity contribution is 6.59. The van der Waals surface area contributed by atoms with E-state index in [9.17, 15) is 0 Å². The SMILES string of the molecule is N#Cc1ccc(C2CC2)c(B(O)O)c1. The van der Waals surface area contributed by atoms with Crippen LogP contribution in [-0.4, -0.2) is 17.2 Å². The summed E-state index contributed by atoms with van der Waals surface area (Å²) in [5.41, 5.74) is 1.92. The number of rotatable bonds is 2. The van der Waals surface area contributed by atoms with E-state index in [-0.39, 0.29) is 0 Å². The molecule has 1 aromatic rings. The van der Waals surface area contributed by atoms with E-state index in [1.54, 1.807) is 12.1 Å². The molecule has 3 nitrogen and oxygen atoms in total. The largest absolute Gasteiger partial charge is 0.488 e. The molecule has 4 heteroatoms. The summed E-state index contributed by atoms with van der Waals surface area (Å²) in [5, 5.41) is 27.0. The van der Waals surface area contributed by atoms with E-state index >= 15 is 0 Å². The Morgan fingerprint density at radius 2 is 2.07 bits per heavy atom. The van der Waals surface area contributed by atoms with Gasteiger partial charge in [0.15, 0.2) is 0 Å². The first-order valence-corrected chi connectivity index (χ1v) is 4.62. The second-order valence-electron chi connectivity index (χ2n) is 3.60. The van der Waals surface area contributed by atoms with Gasteiger partial charge in [0, 0.05) is 0 Å². The third-order valence-electron chi connectivity index (χ3n) is 2.51. The van der Waals surface area contributed by atoms with Gasteiger partial charge in [-0.05, 0) is 41.9 Å². The number of nitriles is 1. The molecule has 0 aliphatic heterocycles. The van der Waals surface area contributed by atoms with Gasteiger partial charge >= 0.3 is 7.12 Å². The minimum atomic E-state index is -1.47. The Labute approximate surface area is 82.8 Å². The van der Waals surface area contributed by atoms with Crippen LogP contribution >= 0.6 is 0 Å². The molecule has 0 aromatic heterocycles. The van der Waals surface area contributed by atoms with Crippen molar-refractivity contribution < 1.29 is 10.0 Å². The van der Waals surface area contributed by atoms with Gasteiger partial charge in [0.2, 0.25) is 0 Å². The van der Waals surface area contributed by atoms with Gasteiger partial charge in [-0.3, -0.25) is 0 Å². The van der Waals surface area contributed by atoms with Crippen molar-refractivity contribution in [3.05, 3.63) is 29.3 Å². The number of benzene rings is 1. The molecule has 14 heavy (non-hydrogen) atoms. The van der Waals surface area contributed by atoms with Crippen molar-refractivity contribution in [1.82, 2.24) is 0 Å². The monoisotopic (exact) mass is 187 g/mol. The first-order valence-electron chi connectivity index (χ1n) is 4.62. The minimum absolute atomic E-state index is 0.458. The Bertz CT molecular complexity index is 394. The maximum Gasteiger partial charge on any atom is 0.488 e. The first-order chi connectivity index (χ1) is 6.72. The lowest BCUT2D eigenvalue weighted by molar-refractivity contribution is 0.425. The fraction of sp³-hybridized carbons (Fsp3) is 0.300. The Morgan fingerprint density at radius 1 is 1.36 bits per heavy atom. The molecule has 70 valence electrons. The lowest BCUT2D eigenvalue weighted by Gasteiger charge is -2.07. The maximum atomic E-state index is 9.15. The summed E-state index contributed by atoms with van der Waals surface area (Å²) in [4.78, 5) is 0. The third kappa shape index (κ3) is 1.65. The lowest BCUT2D eigenvalue weighted by atomic mass is 9.75. The molecule has 0 radical (unpaired) electrons. The second kappa shape index (κ2) is 3.45. The van der Waals surface area contributed by atoms with Crippen LogP contribution in [0.15, 0.2) is 18.2 Å². The molecular formula is C10H10BNO2. The molecule has 0 bridgehead atoms. The van der Waals surface area contributed by atoms with Gasteiger partial charge in [0.05, 0.1) is 11.6 Å². The zero-order valence-electron chi connectivity index (χ0n) is 7.64. The van der Waals surface area contributed by atoms with E-state index < -0.39 is 7.12 Å². The molecule has 0 heterocycles. The van der Waals surface area contributed by atoms with Crippen LogP contribution < -0.4 is 5.46 Å². The molecule has 0 unspecified atom stereocenters. The summed E-state index contributed by atoms with van der Waals surface area (Å²) < 4.78 is 0. The highest BCUT2D eigenvalue weighted by Gasteiger charge is 2.29. The molecule has 2 rings (SSSR count). The Morgan fingerprint density at radius 3 is 2.57 bits per heavy atom. The first kappa shape index (κ1) is 9.26. The quantitative estimate of drug-likeness (QED) is 0.646. The fourth-order valence-corrected chi connectivity index (χ4v) is 1.63. The summed E-state index contributed by atoms with van der Waals surface area (Å²) >= 11 is 0. The smallest absolute Gasteiger partial charge is 0.423 e. The van der Waals surface area contributed by atoms with E-state index in [1.165, 1.54) is 0 Å². The van der Waals surface area contributed by atoms with Crippen molar-refractivity contribution >= 4 is 12.6 Å². The van der Waals surface area contributed by atoms with Gasteiger partial charge in [0.1, 0.15) is 0 Å². The standard InChI is InChI=1S/C10H10BNO2/c12-6-7-1-4-9(8-2-3-8)10(5-7)11(13)14/h1,4-5,8,13-14H,2-3H2. The zero-order chi connectivity index (χ0) is 10.1. The highest BCUT2D eigenvalue weighted by Crippen LogP contribution is 2.39. The second-order valence-corrected chi connectivity index (χ2v) is 3.60. The van der Waals surface area contributed by atoms with Crippen LogP contribution in [0.25, 0.3) is 0 Å². The summed E-state index contributed by atoms with van der Waals surface area (Å²) in [6, 6.07) is 7.09. The average Bonchev–Trinajstić information content (AvgIpc) is 3.00. The predicted molar refractivity (Wildman–Crippen MR) is 53.0 cm³/mol. The molecule has 1 fully saturated rings. The molecule has 2 N–H and O–H groups in total. The normalized spacial score (nSPS) is 14.9. The number of hydrogen-bond donors (Lipinski definition) is 2. The molecule has 1 aliphatic rings. The molecule has 0 atom stereocenters. The van der Waals surface area contributed by atoms with E-state index in [2.05, 4.69) is 0 Å². The Kier molecular flexibility index (Phi) is 2.28. The van der Waals surface area contributed by atoms with Crippen LogP contribution in [0.4, 0.5) is 0 Å². The van der Waals surface area contributed by atoms with Crippen molar-refractivity contribution in [2.24, 2.45) is 0 Å². The van der Waals surface area contributed by atoms with E-state index in [1.807, 2.05) is 12.1 Å². The van der Waals surface area contributed by atoms with E-state index in [0.29, 0.717) is 16.9 Å². The number of nitrogens with zero attached hydrogens (tertiary/aromatic N) is 1. The molecular weight excluding hydrogens is 177 g/mol. The molecule has 1 saturated carbocycles. The fourth-order valence-electron chi connectivity index (χ4n) is 1.63. The van der Waals surface area contributed by atoms with Crippen LogP contribution in [0.2, 0.25) is 0 Å².